The van der Waals surface area contributed by atoms with E-state index in [2.05, 4.69) is 0 Å². The van der Waals surface area contributed by atoms with Crippen LogP contribution in [0.2, 0.25) is 0 Å². The standard InChI is InChI=1S/C3H6BF3NO2/c1-2-8(3(9)10)4(5,6)7/h2H2,1H3,(H,9,10)/q-1. The first-order valence-electron chi connectivity index (χ1n) is 2.59. The van der Waals surface area contributed by atoms with Gasteiger partial charge in [0.15, 0.2) is 0 Å². The van der Waals surface area contributed by atoms with Crippen LogP contribution in [0.25, 0.3) is 0 Å². The van der Waals surface area contributed by atoms with E-state index < -0.39 is 24.6 Å². The topological polar surface area (TPSA) is 40.5 Å². The van der Waals surface area contributed by atoms with Crippen LogP contribution in [0.3, 0.4) is 0 Å². The fourth-order valence-electron chi connectivity index (χ4n) is 0.468. The zero-order chi connectivity index (χ0) is 8.36. The predicted molar refractivity (Wildman–Crippen MR) is 29.5 cm³/mol. The number of carboxylic acid groups (broad SMARTS) is 1. The minimum atomic E-state index is -5.38. The third-order valence-electron chi connectivity index (χ3n) is 0.940. The fourth-order valence-corrected chi connectivity index (χ4v) is 0.468. The molecule has 0 radical (unpaired) electrons. The van der Waals surface area contributed by atoms with Crippen molar-refractivity contribution in [1.29, 1.82) is 0 Å². The van der Waals surface area contributed by atoms with Crippen molar-refractivity contribution in [2.75, 3.05) is 6.54 Å². The minimum Gasteiger partial charge on any atom is -0.467 e. The smallest absolute Gasteiger partial charge is 0.467 e. The molecule has 0 aliphatic carbocycles. The van der Waals surface area contributed by atoms with Gasteiger partial charge in [0.05, 0.1) is 0 Å². The van der Waals surface area contributed by atoms with Crippen molar-refractivity contribution in [2.45, 2.75) is 6.92 Å². The predicted octanol–water partition coefficient (Wildman–Crippen LogP) is 1.33. The highest BCUT2D eigenvalue weighted by molar-refractivity contribution is 6.58. The molecule has 0 aromatic carbocycles. The summed E-state index contributed by atoms with van der Waals surface area (Å²) in [5, 5.41) is 7.93. The molecule has 0 heterocycles. The largest absolute Gasteiger partial charge is 0.602 e. The van der Waals surface area contributed by atoms with E-state index in [0.29, 0.717) is 0 Å². The number of hydrogen-bond acceptors (Lipinski definition) is 1. The monoisotopic (exact) mass is 156 g/mol. The van der Waals surface area contributed by atoms with Gasteiger partial charge in [-0.3, -0.25) is 0 Å². The van der Waals surface area contributed by atoms with E-state index in [4.69, 9.17) is 5.11 Å². The minimum absolute atomic E-state index is 0.542. The molecule has 0 atom stereocenters. The molecular weight excluding hydrogens is 150 g/mol. The van der Waals surface area contributed by atoms with Crippen LogP contribution < -0.4 is 0 Å². The first-order chi connectivity index (χ1) is 4.39. The first-order valence-corrected chi connectivity index (χ1v) is 2.59. The van der Waals surface area contributed by atoms with Crippen LogP contribution in [0.15, 0.2) is 0 Å². The van der Waals surface area contributed by atoms with Gasteiger partial charge in [0.2, 0.25) is 0 Å². The van der Waals surface area contributed by atoms with E-state index in [1.54, 1.807) is 0 Å². The summed E-state index contributed by atoms with van der Waals surface area (Å²) in [5.41, 5.74) is 0. The molecule has 0 saturated carbocycles. The Bertz CT molecular complexity index is 136. The Kier molecular flexibility index (Phi) is 2.56. The van der Waals surface area contributed by atoms with Gasteiger partial charge in [-0.25, -0.2) is 4.79 Å². The molecule has 10 heavy (non-hydrogen) atoms. The number of halogens is 3. The SMILES string of the molecule is CCN(C(=O)O)[B-](F)(F)F. The molecule has 0 aliphatic rings. The van der Waals surface area contributed by atoms with Crippen molar-refractivity contribution in [1.82, 2.24) is 4.81 Å². The van der Waals surface area contributed by atoms with Crippen molar-refractivity contribution in [3.63, 3.8) is 0 Å². The number of amides is 1. The molecule has 0 unspecified atom stereocenters. The second kappa shape index (κ2) is 2.81. The molecule has 0 spiro atoms. The molecule has 1 amide bonds. The molecule has 3 nitrogen and oxygen atoms in total. The van der Waals surface area contributed by atoms with E-state index in [1.807, 2.05) is 0 Å². The van der Waals surface area contributed by atoms with Crippen molar-refractivity contribution < 1.29 is 22.8 Å². The maximum atomic E-state index is 11.6. The summed E-state index contributed by atoms with van der Waals surface area (Å²) in [6, 6.07) is 0. The second-order valence-electron chi connectivity index (χ2n) is 1.61. The van der Waals surface area contributed by atoms with Gasteiger partial charge < -0.3 is 22.9 Å². The van der Waals surface area contributed by atoms with Crippen molar-refractivity contribution in [3.8, 4) is 0 Å². The molecule has 0 aliphatic heterocycles. The lowest BCUT2D eigenvalue weighted by Crippen LogP contribution is -2.46. The van der Waals surface area contributed by atoms with Crippen LogP contribution in [0.5, 0.6) is 0 Å². The molecule has 0 fully saturated rings. The maximum Gasteiger partial charge on any atom is 0.602 e. The van der Waals surface area contributed by atoms with E-state index in [-0.39, 0.29) is 0 Å². The highest BCUT2D eigenvalue weighted by Crippen LogP contribution is 2.14. The van der Waals surface area contributed by atoms with Gasteiger partial charge in [0.1, 0.15) is 0 Å². The number of carbonyl (C=O) groups is 1. The summed E-state index contributed by atoms with van der Waals surface area (Å²) in [6.45, 7) is 0.572. The normalized spacial score (nSPS) is 11.2. The molecular formula is C3H6BF3NO2-. The summed E-state index contributed by atoms with van der Waals surface area (Å²) in [4.78, 5) is 9.26. The fraction of sp³-hybridized carbons (Fsp3) is 0.667. The van der Waals surface area contributed by atoms with Gasteiger partial charge in [-0.15, -0.1) is 0 Å². The highest BCUT2D eigenvalue weighted by Gasteiger charge is 2.35. The van der Waals surface area contributed by atoms with Crippen LogP contribution in [-0.2, 0) is 0 Å². The maximum absolute atomic E-state index is 11.6. The van der Waals surface area contributed by atoms with E-state index in [9.17, 15) is 17.7 Å². The van der Waals surface area contributed by atoms with Gasteiger partial charge in [-0.05, 0) is 6.54 Å². The van der Waals surface area contributed by atoms with Crippen molar-refractivity contribution in [3.05, 3.63) is 0 Å². The average molecular weight is 156 g/mol. The molecule has 0 aromatic heterocycles. The first kappa shape index (κ1) is 9.12. The molecule has 0 rings (SSSR count). The zero-order valence-electron chi connectivity index (χ0n) is 5.22. The van der Waals surface area contributed by atoms with Crippen LogP contribution in [0.4, 0.5) is 17.7 Å². The quantitative estimate of drug-likeness (QED) is 0.612. The lowest BCUT2D eigenvalue weighted by atomic mass is 10.1. The molecule has 7 heteroatoms. The molecule has 60 valence electrons. The van der Waals surface area contributed by atoms with Crippen LogP contribution in [0, 0.1) is 0 Å². The zero-order valence-corrected chi connectivity index (χ0v) is 5.22. The summed E-state index contributed by atoms with van der Waals surface area (Å²) in [5.74, 6) is 0. The number of hydrogen-bond donors (Lipinski definition) is 1. The van der Waals surface area contributed by atoms with Gasteiger partial charge in [-0.1, -0.05) is 6.92 Å². The van der Waals surface area contributed by atoms with E-state index >= 15 is 0 Å². The Morgan fingerprint density at radius 1 is 1.60 bits per heavy atom. The van der Waals surface area contributed by atoms with Gasteiger partial charge in [0, 0.05) is 0 Å². The second-order valence-corrected chi connectivity index (χ2v) is 1.61. The Morgan fingerprint density at radius 2 is 2.00 bits per heavy atom. The highest BCUT2D eigenvalue weighted by atomic mass is 19.4. The molecule has 0 saturated heterocycles. The van der Waals surface area contributed by atoms with Gasteiger partial charge in [0.25, 0.3) is 0 Å². The molecule has 1 N–H and O–H groups in total. The van der Waals surface area contributed by atoms with Crippen LogP contribution >= 0.6 is 0 Å². The third-order valence-corrected chi connectivity index (χ3v) is 0.940. The van der Waals surface area contributed by atoms with Crippen molar-refractivity contribution in [2.24, 2.45) is 0 Å². The van der Waals surface area contributed by atoms with Gasteiger partial charge >= 0.3 is 13.2 Å². The number of nitrogens with zero attached hydrogens (tertiary/aromatic N) is 1. The summed E-state index contributed by atoms with van der Waals surface area (Å²) >= 11 is 0. The van der Waals surface area contributed by atoms with E-state index in [1.165, 1.54) is 0 Å². The van der Waals surface area contributed by atoms with Gasteiger partial charge in [-0.2, -0.15) is 0 Å². The lowest BCUT2D eigenvalue weighted by molar-refractivity contribution is 0.157. The van der Waals surface area contributed by atoms with Crippen LogP contribution in [0.1, 0.15) is 6.92 Å². The molecule has 0 aromatic rings. The number of rotatable bonds is 2. The molecule has 0 bridgehead atoms. The third kappa shape index (κ3) is 2.16. The summed E-state index contributed by atoms with van der Waals surface area (Å²) in [6.07, 6.45) is -1.95. The Labute approximate surface area is 55.5 Å². The van der Waals surface area contributed by atoms with Crippen LogP contribution in [-0.4, -0.2) is 29.7 Å². The Balaban J connectivity index is 4.22. The summed E-state index contributed by atoms with van der Waals surface area (Å²) < 4.78 is 34.7. The Morgan fingerprint density at radius 3 is 2.00 bits per heavy atom. The van der Waals surface area contributed by atoms with Crippen molar-refractivity contribution >= 4 is 13.2 Å². The van der Waals surface area contributed by atoms with E-state index in [0.717, 1.165) is 6.92 Å². The average Bonchev–Trinajstić information content (AvgIpc) is 1.60. The Hall–Kier alpha value is -0.875. The summed E-state index contributed by atoms with van der Waals surface area (Å²) in [7, 11) is -5.38. The lowest BCUT2D eigenvalue weighted by Gasteiger charge is -2.28.